The molecule has 6 atom stereocenters. The lowest BCUT2D eigenvalue weighted by Crippen LogP contribution is -2.51. The average molecular weight is 629 g/mol. The normalized spacial score (nSPS) is 30.2. The molecule has 2 aliphatic carbocycles. The van der Waals surface area contributed by atoms with Gasteiger partial charge in [0.25, 0.3) is 0 Å². The highest BCUT2D eigenvalue weighted by Crippen LogP contribution is 2.44. The minimum atomic E-state index is -1.94. The van der Waals surface area contributed by atoms with Crippen LogP contribution < -0.4 is 0 Å². The van der Waals surface area contributed by atoms with Gasteiger partial charge >= 0.3 is 12.2 Å². The highest BCUT2D eigenvalue weighted by Gasteiger charge is 2.52. The number of hydrogen-bond donors (Lipinski definition) is 3. The van der Waals surface area contributed by atoms with Gasteiger partial charge < -0.3 is 29.2 Å². The molecule has 4 aliphatic rings. The zero-order valence-electron chi connectivity index (χ0n) is 28.6. The Kier molecular flexibility index (Phi) is 11.0. The summed E-state index contributed by atoms with van der Waals surface area (Å²) in [6, 6.07) is -0.732. The summed E-state index contributed by atoms with van der Waals surface area (Å²) in [5.74, 6) is 0.962. The summed E-state index contributed by atoms with van der Waals surface area (Å²) in [6.07, 6.45) is 3.71. The van der Waals surface area contributed by atoms with Crippen LogP contribution in [0.2, 0.25) is 18.1 Å². The Morgan fingerprint density at radius 1 is 0.721 bits per heavy atom. The lowest BCUT2D eigenvalue weighted by molar-refractivity contribution is -0.00218. The molecule has 0 bridgehead atoms. The van der Waals surface area contributed by atoms with Crippen molar-refractivity contribution in [1.29, 1.82) is 0 Å². The standard InChI is InChI=1S/C19H37NO4Si.C13H23NO4/c1-18(2,3)24-17(22)20-14(13-9-10-13)11-16(21)15(20)12-23-25(7,8)19(4,5)6;1-13(2,3)18-12(17)14-9(8-4-5-8)6-11(16)10(14)7-15/h13-16,21H,9-12H2,1-8H3;8-11,15-16H,4-7H2,1-3H3/t14-,15?,16?;9-,10?,11?/m00/s1. The number of likely N-dealkylation sites (tertiary alicyclic amines) is 2. The smallest absolute Gasteiger partial charge is 0.410 e. The van der Waals surface area contributed by atoms with Gasteiger partial charge in [0.05, 0.1) is 37.5 Å². The molecule has 2 saturated heterocycles. The Labute approximate surface area is 260 Å². The second-order valence-corrected chi connectivity index (χ2v) is 21.4. The number of nitrogens with zero attached hydrogens (tertiary/aromatic N) is 2. The van der Waals surface area contributed by atoms with Crippen molar-refractivity contribution < 1.29 is 38.8 Å². The third kappa shape index (κ3) is 9.55. The topological polar surface area (TPSA) is 129 Å². The van der Waals surface area contributed by atoms with Gasteiger partial charge in [-0.2, -0.15) is 0 Å². The lowest BCUT2D eigenvalue weighted by Gasteiger charge is -2.39. The van der Waals surface area contributed by atoms with Crippen LogP contribution in [0.5, 0.6) is 0 Å². The second-order valence-electron chi connectivity index (χ2n) is 16.6. The molecule has 0 spiro atoms. The third-order valence-electron chi connectivity index (χ3n) is 9.43. The van der Waals surface area contributed by atoms with Gasteiger partial charge in [-0.15, -0.1) is 0 Å². The van der Waals surface area contributed by atoms with Gasteiger partial charge in [0.2, 0.25) is 0 Å². The van der Waals surface area contributed by atoms with E-state index in [1.165, 1.54) is 0 Å². The minimum absolute atomic E-state index is 0.0204. The quantitative estimate of drug-likeness (QED) is 0.339. The molecule has 0 aromatic rings. The molecule has 0 aromatic carbocycles. The number of rotatable bonds is 6. The van der Waals surface area contributed by atoms with Crippen molar-refractivity contribution in [2.24, 2.45) is 11.8 Å². The fraction of sp³-hybridized carbons (Fsp3) is 0.938. The van der Waals surface area contributed by atoms with Crippen LogP contribution in [0, 0.1) is 11.8 Å². The number of hydrogen-bond acceptors (Lipinski definition) is 8. The van der Waals surface area contributed by atoms with Gasteiger partial charge in [0, 0.05) is 12.1 Å². The molecular weight excluding hydrogens is 568 g/mol. The van der Waals surface area contributed by atoms with Crippen LogP contribution in [0.25, 0.3) is 0 Å². The summed E-state index contributed by atoms with van der Waals surface area (Å²) in [5.41, 5.74) is -1.09. The molecule has 250 valence electrons. The maximum Gasteiger partial charge on any atom is 0.410 e. The van der Waals surface area contributed by atoms with Crippen LogP contribution in [0.3, 0.4) is 0 Å². The van der Waals surface area contributed by atoms with Gasteiger partial charge in [0.1, 0.15) is 11.2 Å². The SMILES string of the molecule is CC(C)(C)OC(=O)N1C(CO)C(O)C[C@H]1C1CC1.CC(C)(C)OC(=O)N1C(CO[Si](C)(C)C(C)(C)C)C(O)C[C@H]1C1CC1. The molecular formula is C32H60N2O8Si. The molecule has 4 fully saturated rings. The predicted octanol–water partition coefficient (Wildman–Crippen LogP) is 5.28. The molecule has 0 radical (unpaired) electrons. The van der Waals surface area contributed by atoms with Gasteiger partial charge in [-0.3, -0.25) is 9.80 Å². The molecule has 4 rings (SSSR count). The summed E-state index contributed by atoms with van der Waals surface area (Å²) in [6.45, 7) is 22.3. The van der Waals surface area contributed by atoms with Crippen LogP contribution in [0.15, 0.2) is 0 Å². The molecule has 10 nitrogen and oxygen atoms in total. The molecule has 2 amide bonds. The highest BCUT2D eigenvalue weighted by atomic mass is 28.4. The van der Waals surface area contributed by atoms with Crippen LogP contribution in [-0.2, 0) is 13.9 Å². The van der Waals surface area contributed by atoms with Gasteiger partial charge in [-0.25, -0.2) is 9.59 Å². The number of carbonyl (C=O) groups is 2. The van der Waals surface area contributed by atoms with E-state index in [9.17, 15) is 24.9 Å². The van der Waals surface area contributed by atoms with Crippen LogP contribution in [0.4, 0.5) is 9.59 Å². The van der Waals surface area contributed by atoms with Crippen molar-refractivity contribution in [3.8, 4) is 0 Å². The van der Waals surface area contributed by atoms with E-state index >= 15 is 0 Å². The summed E-state index contributed by atoms with van der Waals surface area (Å²) in [5, 5.41) is 30.0. The van der Waals surface area contributed by atoms with Crippen molar-refractivity contribution in [3.05, 3.63) is 0 Å². The first-order valence-electron chi connectivity index (χ1n) is 16.2. The number of ether oxygens (including phenoxy) is 2. The van der Waals surface area contributed by atoms with Crippen LogP contribution in [0.1, 0.15) is 101 Å². The van der Waals surface area contributed by atoms with E-state index in [0.717, 1.165) is 25.7 Å². The lowest BCUT2D eigenvalue weighted by atomic mass is 10.1. The number of aliphatic hydroxyl groups excluding tert-OH is 3. The molecule has 11 heteroatoms. The van der Waals surface area contributed by atoms with E-state index in [1.807, 2.05) is 41.5 Å². The van der Waals surface area contributed by atoms with E-state index in [-0.39, 0.29) is 35.9 Å². The Hall–Kier alpha value is -1.40. The maximum absolute atomic E-state index is 12.8. The first-order valence-corrected chi connectivity index (χ1v) is 19.1. The summed E-state index contributed by atoms with van der Waals surface area (Å²) in [4.78, 5) is 28.4. The molecule has 3 N–H and O–H groups in total. The molecule has 2 aliphatic heterocycles. The number of amides is 2. The van der Waals surface area contributed by atoms with E-state index in [1.54, 1.807) is 9.80 Å². The zero-order valence-corrected chi connectivity index (χ0v) is 29.6. The highest BCUT2D eigenvalue weighted by molar-refractivity contribution is 6.74. The largest absolute Gasteiger partial charge is 0.444 e. The van der Waals surface area contributed by atoms with Crippen molar-refractivity contribution in [3.63, 3.8) is 0 Å². The van der Waals surface area contributed by atoms with Gasteiger partial charge in [-0.1, -0.05) is 20.8 Å². The molecule has 2 heterocycles. The fourth-order valence-corrected chi connectivity index (χ4v) is 6.80. The van der Waals surface area contributed by atoms with Crippen molar-refractivity contribution in [2.45, 2.75) is 167 Å². The molecule has 4 unspecified atom stereocenters. The van der Waals surface area contributed by atoms with Crippen molar-refractivity contribution in [2.75, 3.05) is 13.2 Å². The Morgan fingerprint density at radius 2 is 1.09 bits per heavy atom. The Morgan fingerprint density at radius 3 is 1.42 bits per heavy atom. The van der Waals surface area contributed by atoms with E-state index < -0.39 is 43.9 Å². The van der Waals surface area contributed by atoms with Crippen molar-refractivity contribution >= 4 is 20.5 Å². The maximum atomic E-state index is 12.8. The van der Waals surface area contributed by atoms with E-state index in [2.05, 4.69) is 33.9 Å². The minimum Gasteiger partial charge on any atom is -0.444 e. The predicted molar refractivity (Wildman–Crippen MR) is 168 cm³/mol. The number of carbonyl (C=O) groups excluding carboxylic acids is 2. The van der Waals surface area contributed by atoms with Crippen molar-refractivity contribution in [1.82, 2.24) is 9.80 Å². The Balaban J connectivity index is 0.000000248. The van der Waals surface area contributed by atoms with E-state index in [0.29, 0.717) is 31.3 Å². The molecule has 2 saturated carbocycles. The average Bonchev–Trinajstić information content (AvgIpc) is 3.75. The first-order chi connectivity index (χ1) is 19.6. The third-order valence-corrected chi connectivity index (χ3v) is 13.9. The molecule has 0 aromatic heterocycles. The van der Waals surface area contributed by atoms with Gasteiger partial charge in [-0.05, 0) is 110 Å². The van der Waals surface area contributed by atoms with Crippen LogP contribution >= 0.6 is 0 Å². The van der Waals surface area contributed by atoms with Gasteiger partial charge in [0.15, 0.2) is 8.32 Å². The molecule has 43 heavy (non-hydrogen) atoms. The second kappa shape index (κ2) is 13.1. The number of aliphatic hydroxyl groups is 3. The monoisotopic (exact) mass is 628 g/mol. The Bertz CT molecular complexity index is 964. The van der Waals surface area contributed by atoms with Crippen LogP contribution in [-0.4, -0.2) is 106 Å². The zero-order chi connectivity index (χ0) is 32.7. The first kappa shape index (κ1) is 36.1. The fourth-order valence-electron chi connectivity index (χ4n) is 5.78. The summed E-state index contributed by atoms with van der Waals surface area (Å²) in [7, 11) is -1.94. The summed E-state index contributed by atoms with van der Waals surface area (Å²) >= 11 is 0. The van der Waals surface area contributed by atoms with E-state index in [4.69, 9.17) is 13.9 Å². The summed E-state index contributed by atoms with van der Waals surface area (Å²) < 4.78 is 17.4.